The molecule has 278 valence electrons. The highest BCUT2D eigenvalue weighted by molar-refractivity contribution is 5.90. The van der Waals surface area contributed by atoms with Crippen LogP contribution in [0.5, 0.6) is 0 Å². The molecule has 1 nitrogen and oxygen atoms in total. The number of nitrogens with zero attached hydrogens (tertiary/aromatic N) is 1. The van der Waals surface area contributed by atoms with Crippen LogP contribution in [-0.4, -0.2) is 0 Å². The van der Waals surface area contributed by atoms with Crippen LogP contribution in [0.15, 0.2) is 249 Å². The highest BCUT2D eigenvalue weighted by atomic mass is 15.1. The molecule has 0 aliphatic carbocycles. The molecule has 0 radical (unpaired) electrons. The summed E-state index contributed by atoms with van der Waals surface area (Å²) in [7, 11) is 0. The number of hydrogen-bond acceptors (Lipinski definition) is 1. The zero-order chi connectivity index (χ0) is 39.4. The van der Waals surface area contributed by atoms with Crippen LogP contribution in [0, 0.1) is 0 Å². The van der Waals surface area contributed by atoms with Crippen molar-refractivity contribution in [3.05, 3.63) is 249 Å². The predicted molar refractivity (Wildman–Crippen MR) is 251 cm³/mol. The third kappa shape index (κ3) is 7.46. The maximum Gasteiger partial charge on any atom is 0.0540 e. The van der Waals surface area contributed by atoms with E-state index in [9.17, 15) is 0 Å². The first kappa shape index (κ1) is 35.7. The number of para-hydroxylation sites is 1. The number of anilines is 3. The van der Waals surface area contributed by atoms with Gasteiger partial charge in [-0.25, -0.2) is 0 Å². The molecular weight excluding hydrogens is 711 g/mol. The number of rotatable bonds is 9. The van der Waals surface area contributed by atoms with Crippen molar-refractivity contribution in [2.45, 2.75) is 0 Å². The summed E-state index contributed by atoms with van der Waals surface area (Å²) in [4.78, 5) is 2.38. The zero-order valence-corrected chi connectivity index (χ0v) is 32.6. The smallest absolute Gasteiger partial charge is 0.0540 e. The van der Waals surface area contributed by atoms with Crippen LogP contribution in [0.4, 0.5) is 17.1 Å². The molecule has 0 fully saturated rings. The van der Waals surface area contributed by atoms with E-state index >= 15 is 0 Å². The van der Waals surface area contributed by atoms with Crippen LogP contribution in [0.2, 0.25) is 0 Å². The van der Waals surface area contributed by atoms with Gasteiger partial charge in [0.1, 0.15) is 0 Å². The van der Waals surface area contributed by atoms with E-state index in [0.717, 1.165) is 17.1 Å². The van der Waals surface area contributed by atoms with Crippen molar-refractivity contribution in [1.82, 2.24) is 0 Å². The highest BCUT2D eigenvalue weighted by Gasteiger charge is 2.18. The minimum absolute atomic E-state index is 1.09. The second-order valence-electron chi connectivity index (χ2n) is 15.0. The lowest BCUT2D eigenvalue weighted by molar-refractivity contribution is 1.28. The molecule has 0 amide bonds. The first-order valence-corrected chi connectivity index (χ1v) is 20.2. The molecule has 0 saturated carbocycles. The van der Waals surface area contributed by atoms with Crippen LogP contribution < -0.4 is 4.90 Å². The van der Waals surface area contributed by atoms with Gasteiger partial charge in [0, 0.05) is 16.9 Å². The van der Waals surface area contributed by atoms with Gasteiger partial charge in [-0.1, -0.05) is 206 Å². The van der Waals surface area contributed by atoms with Crippen molar-refractivity contribution in [3.8, 4) is 66.8 Å². The second kappa shape index (κ2) is 16.0. The summed E-state index contributed by atoms with van der Waals surface area (Å²) in [6, 6.07) is 89.7. The Morgan fingerprint density at radius 2 is 0.559 bits per heavy atom. The van der Waals surface area contributed by atoms with Gasteiger partial charge in [-0.05, 0) is 114 Å². The van der Waals surface area contributed by atoms with E-state index in [-0.39, 0.29) is 0 Å². The maximum atomic E-state index is 2.38. The van der Waals surface area contributed by atoms with E-state index in [1.54, 1.807) is 0 Å². The van der Waals surface area contributed by atoms with E-state index in [2.05, 4.69) is 254 Å². The van der Waals surface area contributed by atoms with Gasteiger partial charge in [-0.15, -0.1) is 0 Å². The first-order valence-electron chi connectivity index (χ1n) is 20.2. The Morgan fingerprint density at radius 1 is 0.203 bits per heavy atom. The predicted octanol–water partition coefficient (Wildman–Crippen LogP) is 16.3. The van der Waals surface area contributed by atoms with Gasteiger partial charge in [-0.3, -0.25) is 0 Å². The Morgan fingerprint density at radius 3 is 1.12 bits per heavy atom. The number of hydrogen-bond donors (Lipinski definition) is 0. The van der Waals surface area contributed by atoms with Crippen molar-refractivity contribution in [2.24, 2.45) is 0 Å². The summed E-state index contributed by atoms with van der Waals surface area (Å²) in [5.74, 6) is 0. The lowest BCUT2D eigenvalue weighted by atomic mass is 9.96. The molecule has 0 heterocycles. The fourth-order valence-corrected chi connectivity index (χ4v) is 8.15. The molecule has 0 atom stereocenters. The van der Waals surface area contributed by atoms with Crippen molar-refractivity contribution >= 4 is 27.8 Å². The minimum Gasteiger partial charge on any atom is -0.310 e. The Kier molecular flexibility index (Phi) is 9.68. The second-order valence-corrected chi connectivity index (χ2v) is 15.0. The SMILES string of the molecule is c1ccc(-c2ccc(-c3ccccc3N(c3ccc(-c4ccccc4)cc3)c3ccc(-c4ccc(-c5cccc(-c6ccc7ccccc7c6)c5)cc4)cc3)cc2)cc1. The van der Waals surface area contributed by atoms with Crippen LogP contribution in [-0.2, 0) is 0 Å². The van der Waals surface area contributed by atoms with Gasteiger partial charge >= 0.3 is 0 Å². The van der Waals surface area contributed by atoms with Gasteiger partial charge in [0.25, 0.3) is 0 Å². The lowest BCUT2D eigenvalue weighted by Crippen LogP contribution is -2.11. The largest absolute Gasteiger partial charge is 0.310 e. The van der Waals surface area contributed by atoms with Gasteiger partial charge < -0.3 is 4.90 Å². The van der Waals surface area contributed by atoms with Crippen LogP contribution in [0.25, 0.3) is 77.5 Å². The summed E-state index contributed by atoms with van der Waals surface area (Å²) in [6.07, 6.45) is 0. The van der Waals surface area contributed by atoms with Crippen molar-refractivity contribution in [3.63, 3.8) is 0 Å². The van der Waals surface area contributed by atoms with Crippen LogP contribution in [0.1, 0.15) is 0 Å². The van der Waals surface area contributed by atoms with Crippen LogP contribution in [0.3, 0.4) is 0 Å². The molecule has 1 heteroatoms. The molecule has 0 N–H and O–H groups in total. The zero-order valence-electron chi connectivity index (χ0n) is 32.6. The molecule has 0 aliphatic rings. The Hall–Kier alpha value is -7.74. The Bertz CT molecular complexity index is 2980. The van der Waals surface area contributed by atoms with Gasteiger partial charge in [0.15, 0.2) is 0 Å². The number of fused-ring (bicyclic) bond motifs is 1. The quantitative estimate of drug-likeness (QED) is 0.142. The van der Waals surface area contributed by atoms with E-state index in [1.165, 1.54) is 77.5 Å². The molecule has 0 aliphatic heterocycles. The molecule has 0 aromatic heterocycles. The molecule has 0 unspecified atom stereocenters. The average molecular weight is 752 g/mol. The monoisotopic (exact) mass is 751 g/mol. The van der Waals surface area contributed by atoms with Gasteiger partial charge in [0.2, 0.25) is 0 Å². The Labute approximate surface area is 346 Å². The molecule has 10 rings (SSSR count). The van der Waals surface area contributed by atoms with Crippen molar-refractivity contribution in [2.75, 3.05) is 4.90 Å². The number of benzene rings is 10. The fraction of sp³-hybridized carbons (Fsp3) is 0. The standard InChI is InChI=1S/C58H41N/c1-3-12-42(13-4-1)45-26-29-50(30-27-45)57-20-9-10-21-58(57)59(55-36-32-47(33-37-55)43-14-5-2-6-15-43)56-38-34-48(35-39-56)46-22-24-49(25-23-46)52-18-11-19-53(40-52)54-31-28-44-16-7-8-17-51(44)41-54/h1-41H. The molecule has 0 bridgehead atoms. The minimum atomic E-state index is 1.09. The summed E-state index contributed by atoms with van der Waals surface area (Å²) >= 11 is 0. The molecule has 10 aromatic rings. The van der Waals surface area contributed by atoms with E-state index in [1.807, 2.05) is 0 Å². The normalized spacial score (nSPS) is 11.1. The average Bonchev–Trinajstić information content (AvgIpc) is 3.33. The summed E-state index contributed by atoms with van der Waals surface area (Å²) in [5, 5.41) is 2.52. The van der Waals surface area contributed by atoms with Gasteiger partial charge in [-0.2, -0.15) is 0 Å². The van der Waals surface area contributed by atoms with Crippen molar-refractivity contribution in [1.29, 1.82) is 0 Å². The summed E-state index contributed by atoms with van der Waals surface area (Å²) < 4.78 is 0. The first-order chi connectivity index (χ1) is 29.2. The maximum absolute atomic E-state index is 2.38. The van der Waals surface area contributed by atoms with E-state index in [4.69, 9.17) is 0 Å². The highest BCUT2D eigenvalue weighted by Crippen LogP contribution is 2.42. The van der Waals surface area contributed by atoms with E-state index < -0.39 is 0 Å². The Balaban J connectivity index is 0.968. The molecule has 0 spiro atoms. The topological polar surface area (TPSA) is 3.24 Å². The fourth-order valence-electron chi connectivity index (χ4n) is 8.15. The third-order valence-electron chi connectivity index (χ3n) is 11.3. The third-order valence-corrected chi connectivity index (χ3v) is 11.3. The molecule has 59 heavy (non-hydrogen) atoms. The van der Waals surface area contributed by atoms with Gasteiger partial charge in [0.05, 0.1) is 5.69 Å². The summed E-state index contributed by atoms with van der Waals surface area (Å²) in [5.41, 5.74) is 17.7. The molecule has 0 saturated heterocycles. The van der Waals surface area contributed by atoms with E-state index in [0.29, 0.717) is 0 Å². The lowest BCUT2D eigenvalue weighted by Gasteiger charge is -2.28. The molecule has 10 aromatic carbocycles. The van der Waals surface area contributed by atoms with Crippen LogP contribution >= 0.6 is 0 Å². The summed E-state index contributed by atoms with van der Waals surface area (Å²) in [6.45, 7) is 0. The molecular formula is C58H41N. The van der Waals surface area contributed by atoms with Crippen molar-refractivity contribution < 1.29 is 0 Å².